The minimum Gasteiger partial charge on any atom is -0.287 e. The van der Waals surface area contributed by atoms with E-state index in [1.165, 1.54) is 24.3 Å². The zero-order valence-electron chi connectivity index (χ0n) is 29.7. The molecule has 5 nitrogen and oxygen atoms in total. The molecule has 0 aliphatic carbocycles. The van der Waals surface area contributed by atoms with Gasteiger partial charge in [0.1, 0.15) is 52.7 Å². The van der Waals surface area contributed by atoms with E-state index in [9.17, 15) is 67.6 Å². The van der Waals surface area contributed by atoms with Crippen molar-refractivity contribution in [2.24, 2.45) is 0 Å². The molecule has 0 atom stereocenters. The van der Waals surface area contributed by atoms with Gasteiger partial charge in [-0.1, -0.05) is 6.07 Å². The van der Waals surface area contributed by atoms with Crippen LogP contribution in [0.25, 0.3) is 0 Å². The van der Waals surface area contributed by atoms with Gasteiger partial charge in [-0.25, -0.2) is 87.8 Å². The summed E-state index contributed by atoms with van der Waals surface area (Å²) in [6, 6.07) is 11.2. The van der Waals surface area contributed by atoms with Crippen LogP contribution < -0.4 is 26.4 Å². The number of hydrogen-bond donors (Lipinski definition) is 0. The molecule has 0 amide bonds. The number of non-ortho nitro benzene ring substituents is 1. The van der Waals surface area contributed by atoms with E-state index in [0.29, 0.717) is 5.56 Å². The average molecular weight is 922 g/mol. The number of nitro benzene ring substituents is 1. The van der Waals surface area contributed by atoms with Crippen LogP contribution in [0.1, 0.15) is 10.4 Å². The van der Waals surface area contributed by atoms with Gasteiger partial charge in [-0.3, -0.25) is 14.9 Å². The minimum atomic E-state index is -7.22. The lowest BCUT2D eigenvalue weighted by Crippen LogP contribution is -2.81. The summed E-state index contributed by atoms with van der Waals surface area (Å²) in [5, 5.41) is 10.5. The van der Waals surface area contributed by atoms with Gasteiger partial charge in [0.15, 0.2) is 82.2 Å². The third-order valence-electron chi connectivity index (χ3n) is 9.21. The Labute approximate surface area is 335 Å². The molecule has 6 rings (SSSR count). The maximum absolute atomic E-state index is 15.4. The number of benzene rings is 5. The number of nitro groups is 1. The van der Waals surface area contributed by atoms with E-state index in [1.807, 2.05) is 18.2 Å². The molecule has 6 aromatic rings. The van der Waals surface area contributed by atoms with Crippen molar-refractivity contribution < 1.29 is 102 Å². The molecule has 0 N–H and O–H groups in total. The second-order valence-electron chi connectivity index (χ2n) is 12.6. The van der Waals surface area contributed by atoms with Crippen LogP contribution in [0.4, 0.5) is 93.5 Å². The van der Waals surface area contributed by atoms with Crippen LogP contribution in [0.15, 0.2) is 54.9 Å². The van der Waals surface area contributed by atoms with Gasteiger partial charge in [0, 0.05) is 29.8 Å². The third-order valence-corrected chi connectivity index (χ3v) is 9.21. The van der Waals surface area contributed by atoms with Crippen molar-refractivity contribution in [3.05, 3.63) is 187 Å². The molecule has 0 saturated carbocycles. The van der Waals surface area contributed by atoms with Gasteiger partial charge in [0.05, 0.1) is 4.92 Å². The maximum atomic E-state index is 15.4. The molecule has 0 saturated heterocycles. The summed E-state index contributed by atoms with van der Waals surface area (Å²) >= 11 is 0. The Morgan fingerprint density at radius 3 is 0.889 bits per heavy atom. The number of Topliss-reactive ketones (excluding diaryl/α,β-unsaturated/α-hetero) is 1. The molecule has 1 heterocycles. The summed E-state index contributed by atoms with van der Waals surface area (Å²) in [4.78, 5) is 21.9. The summed E-state index contributed by atoms with van der Waals surface area (Å²) in [6.45, 7) is 0.221. The van der Waals surface area contributed by atoms with Crippen LogP contribution in [0.5, 0.6) is 0 Å². The van der Waals surface area contributed by atoms with E-state index in [-0.39, 0.29) is 18.0 Å². The van der Waals surface area contributed by atoms with Crippen LogP contribution in [-0.2, 0) is 6.54 Å². The lowest BCUT2D eigenvalue weighted by molar-refractivity contribution is -0.683. The normalized spacial score (nSPS) is 11.4. The molecule has 63 heavy (non-hydrogen) atoms. The monoisotopic (exact) mass is 922 g/mol. The van der Waals surface area contributed by atoms with E-state index in [4.69, 9.17) is 0 Å². The van der Waals surface area contributed by atoms with Crippen LogP contribution >= 0.6 is 0 Å². The highest BCUT2D eigenvalue weighted by Gasteiger charge is 2.52. The summed E-state index contributed by atoms with van der Waals surface area (Å²) in [7, 11) is 0. The van der Waals surface area contributed by atoms with Crippen molar-refractivity contribution in [2.75, 3.05) is 0 Å². The zero-order valence-corrected chi connectivity index (χ0v) is 29.7. The molecular formula is C37H11BF20N2O3. The summed E-state index contributed by atoms with van der Waals surface area (Å²) in [5.74, 6) is -71.5. The van der Waals surface area contributed by atoms with E-state index in [0.717, 1.165) is 0 Å². The Bertz CT molecular complexity index is 2480. The lowest BCUT2D eigenvalue weighted by atomic mass is 9.12. The van der Waals surface area contributed by atoms with E-state index < -0.39 is 149 Å². The number of nitrogens with zero attached hydrogens (tertiary/aromatic N) is 2. The number of carbonyl (C=O) groups is 1. The Morgan fingerprint density at radius 2 is 0.651 bits per heavy atom. The fourth-order valence-electron chi connectivity index (χ4n) is 6.44. The van der Waals surface area contributed by atoms with Crippen LogP contribution in [0.2, 0.25) is 0 Å². The molecular weight excluding hydrogens is 911 g/mol. The van der Waals surface area contributed by atoms with Gasteiger partial charge < -0.3 is 0 Å². The molecule has 5 aromatic carbocycles. The van der Waals surface area contributed by atoms with Crippen molar-refractivity contribution in [1.82, 2.24) is 0 Å². The lowest BCUT2D eigenvalue weighted by Gasteiger charge is -2.44. The summed E-state index contributed by atoms with van der Waals surface area (Å²) < 4.78 is 296. The Hall–Kier alpha value is -7.02. The van der Waals surface area contributed by atoms with Gasteiger partial charge in [0.2, 0.25) is 12.3 Å². The third kappa shape index (κ3) is 7.55. The predicted molar refractivity (Wildman–Crippen MR) is 173 cm³/mol. The first-order valence-corrected chi connectivity index (χ1v) is 16.3. The van der Waals surface area contributed by atoms with E-state index in [1.54, 1.807) is 17.0 Å². The molecule has 0 bridgehead atoms. The predicted octanol–water partition coefficient (Wildman–Crippen LogP) is 7.61. The van der Waals surface area contributed by atoms with Gasteiger partial charge >= 0.3 is 0 Å². The molecule has 1 aromatic heterocycles. The first kappa shape index (κ1) is 47.0. The zero-order chi connectivity index (χ0) is 47.3. The largest absolute Gasteiger partial charge is 0.287 e. The minimum absolute atomic E-state index is 0.0149. The van der Waals surface area contributed by atoms with Crippen molar-refractivity contribution in [2.45, 2.75) is 6.54 Å². The molecule has 0 radical (unpaired) electrons. The number of aromatic nitrogens is 1. The van der Waals surface area contributed by atoms with Crippen molar-refractivity contribution in [1.29, 1.82) is 0 Å². The van der Waals surface area contributed by atoms with Crippen molar-refractivity contribution in [3.8, 4) is 0 Å². The molecule has 0 fully saturated rings. The average Bonchev–Trinajstić information content (AvgIpc) is 3.26. The van der Waals surface area contributed by atoms with Gasteiger partial charge in [0.25, 0.3) is 5.69 Å². The van der Waals surface area contributed by atoms with Gasteiger partial charge in [-0.15, -0.1) is 21.9 Å². The quantitative estimate of drug-likeness (QED) is 0.0231. The van der Waals surface area contributed by atoms with Gasteiger partial charge in [-0.2, -0.15) is 4.57 Å². The van der Waals surface area contributed by atoms with Crippen LogP contribution in [-0.4, -0.2) is 16.9 Å². The molecule has 0 unspecified atom stereocenters. The van der Waals surface area contributed by atoms with Gasteiger partial charge in [-0.05, 0) is 12.1 Å². The highest BCUT2D eigenvalue weighted by Crippen LogP contribution is 2.31. The standard InChI is InChI=1S/C24BF20.C13H11N2O3/c26-5-1(6(27)14(35)21(42)13(5)34)25(2-7(28)15(36)22(43)16(37)8(2)29,3-9(30)17(38)23(44)18(39)10(3)31)4-11(32)19(40)24(45)20(41)12(4)33;16-13(10-14-8-2-1-3-9-14)11-4-6-12(7-5-11)15(17)18/h;1-9H,10H2/q-1;+1. The highest BCUT2D eigenvalue weighted by molar-refractivity contribution is 7.20. The van der Waals surface area contributed by atoms with E-state index in [2.05, 4.69) is 0 Å². The number of ketones is 1. The number of carbonyl (C=O) groups excluding carboxylic acids is 1. The smallest absolute Gasteiger partial charge is 0.269 e. The Kier molecular flexibility index (Phi) is 13.0. The maximum Gasteiger partial charge on any atom is 0.269 e. The first-order chi connectivity index (χ1) is 29.4. The first-order valence-electron chi connectivity index (χ1n) is 16.3. The molecule has 0 aliphatic heterocycles. The Balaban J connectivity index is 0.000000345. The fraction of sp³-hybridized carbons (Fsp3) is 0.0270. The summed E-state index contributed by atoms with van der Waals surface area (Å²) in [6.07, 6.45) is -3.63. The number of hydrogen-bond acceptors (Lipinski definition) is 3. The fourth-order valence-corrected chi connectivity index (χ4v) is 6.44. The van der Waals surface area contributed by atoms with Crippen molar-refractivity contribution >= 4 is 39.5 Å². The molecule has 26 heteroatoms. The van der Waals surface area contributed by atoms with E-state index >= 15 is 35.1 Å². The second kappa shape index (κ2) is 17.4. The van der Waals surface area contributed by atoms with Crippen molar-refractivity contribution in [3.63, 3.8) is 0 Å². The number of pyridine rings is 1. The molecule has 330 valence electrons. The second-order valence-corrected chi connectivity index (χ2v) is 12.6. The Morgan fingerprint density at radius 1 is 0.413 bits per heavy atom. The molecule has 0 aliphatic rings. The number of rotatable bonds is 8. The topological polar surface area (TPSA) is 64.1 Å². The SMILES string of the molecule is Fc1c(F)c(F)c([B-](c2c(F)c(F)c(F)c(F)c2F)(c2c(F)c(F)c(F)c(F)c2F)c2c(F)c(F)c(F)c(F)c2F)c(F)c1F.O=C(C[n+]1ccccc1)c1ccc([N+](=O)[O-])cc1. The van der Waals surface area contributed by atoms with Crippen LogP contribution in [0, 0.1) is 126 Å². The highest BCUT2D eigenvalue weighted by atomic mass is 19.2. The summed E-state index contributed by atoms with van der Waals surface area (Å²) in [5.41, 5.74) is -13.9. The van der Waals surface area contributed by atoms with Crippen LogP contribution in [0.3, 0.4) is 0 Å². The number of halogens is 20. The molecule has 0 spiro atoms.